The largest absolute Gasteiger partial charge is 0.573 e. The lowest BCUT2D eigenvalue weighted by atomic mass is 9.95. The van der Waals surface area contributed by atoms with Gasteiger partial charge in [0.25, 0.3) is 5.91 Å². The maximum absolute atomic E-state index is 13.1. The molecule has 222 valence electrons. The third kappa shape index (κ3) is 8.01. The van der Waals surface area contributed by atoms with Crippen molar-refractivity contribution in [3.63, 3.8) is 0 Å². The summed E-state index contributed by atoms with van der Waals surface area (Å²) in [6, 6.07) is 15.2. The van der Waals surface area contributed by atoms with Gasteiger partial charge in [0.05, 0.1) is 16.1 Å². The zero-order valence-electron chi connectivity index (χ0n) is 23.0. The van der Waals surface area contributed by atoms with Gasteiger partial charge in [-0.2, -0.15) is 0 Å². The Morgan fingerprint density at radius 2 is 1.64 bits per heavy atom. The van der Waals surface area contributed by atoms with Crippen molar-refractivity contribution in [1.82, 2.24) is 15.3 Å². The first-order chi connectivity index (χ1) is 19.2. The van der Waals surface area contributed by atoms with Crippen LogP contribution in [0.3, 0.4) is 0 Å². The van der Waals surface area contributed by atoms with Crippen molar-refractivity contribution < 1.29 is 27.5 Å². The van der Waals surface area contributed by atoms with Crippen LogP contribution in [-0.2, 0) is 11.3 Å². The van der Waals surface area contributed by atoms with E-state index >= 15 is 0 Å². The molecule has 3 aromatic carbocycles. The van der Waals surface area contributed by atoms with E-state index in [2.05, 4.69) is 30.7 Å². The Morgan fingerprint density at radius 1 is 0.952 bits per heavy atom. The summed E-state index contributed by atoms with van der Waals surface area (Å²) in [5.41, 5.74) is 1.77. The summed E-state index contributed by atoms with van der Waals surface area (Å²) in [6.45, 7) is 5.66. The molecule has 1 aromatic heterocycles. The van der Waals surface area contributed by atoms with Gasteiger partial charge in [-0.25, -0.2) is 9.97 Å². The number of fused-ring (bicyclic) bond motifs is 1. The van der Waals surface area contributed by atoms with Gasteiger partial charge in [-0.05, 0) is 60.2 Å². The summed E-state index contributed by atoms with van der Waals surface area (Å²) in [6.07, 6.45) is -4.80. The lowest BCUT2D eigenvalue weighted by molar-refractivity contribution is -0.274. The van der Waals surface area contributed by atoms with Gasteiger partial charge in [-0.15, -0.1) is 25.6 Å². The Bertz CT molecular complexity index is 1610. The summed E-state index contributed by atoms with van der Waals surface area (Å²) in [5.74, 6) is -0.187. The van der Waals surface area contributed by atoms with Crippen molar-refractivity contribution in [2.75, 3.05) is 17.7 Å². The van der Waals surface area contributed by atoms with Crippen LogP contribution in [0, 0.1) is 5.41 Å². The van der Waals surface area contributed by atoms with Gasteiger partial charge in [0.1, 0.15) is 11.6 Å². The monoisotopic (exact) mass is 621 g/mol. The predicted molar refractivity (Wildman–Crippen MR) is 159 cm³/mol. The second-order valence-electron chi connectivity index (χ2n) is 10.2. The number of ether oxygens (including phenoxy) is 1. The van der Waals surface area contributed by atoms with E-state index in [1.165, 1.54) is 24.3 Å². The van der Waals surface area contributed by atoms with Crippen LogP contribution in [0.2, 0.25) is 5.02 Å². The molecule has 42 heavy (non-hydrogen) atoms. The summed E-state index contributed by atoms with van der Waals surface area (Å²) < 4.78 is 41.5. The second-order valence-corrected chi connectivity index (χ2v) is 10.6. The van der Waals surface area contributed by atoms with E-state index in [0.29, 0.717) is 33.5 Å². The van der Waals surface area contributed by atoms with Crippen LogP contribution in [0.1, 0.15) is 36.7 Å². The predicted octanol–water partition coefficient (Wildman–Crippen LogP) is 7.23. The Balaban J connectivity index is 0.00000484. The highest BCUT2D eigenvalue weighted by molar-refractivity contribution is 6.34. The fourth-order valence-electron chi connectivity index (χ4n) is 3.84. The van der Waals surface area contributed by atoms with Crippen LogP contribution in [-0.4, -0.2) is 35.2 Å². The van der Waals surface area contributed by atoms with Crippen molar-refractivity contribution in [3.05, 3.63) is 76.8 Å². The van der Waals surface area contributed by atoms with Crippen LogP contribution < -0.4 is 20.7 Å². The van der Waals surface area contributed by atoms with Gasteiger partial charge < -0.3 is 20.7 Å². The molecule has 0 fully saturated rings. The first-order valence-corrected chi connectivity index (χ1v) is 12.8. The second kappa shape index (κ2) is 12.8. The van der Waals surface area contributed by atoms with Crippen molar-refractivity contribution in [3.8, 4) is 17.1 Å². The van der Waals surface area contributed by atoms with E-state index < -0.39 is 17.7 Å². The molecule has 0 radical (unpaired) electrons. The highest BCUT2D eigenvalue weighted by Gasteiger charge is 2.31. The third-order valence-electron chi connectivity index (χ3n) is 5.95. The van der Waals surface area contributed by atoms with Gasteiger partial charge in [-0.3, -0.25) is 9.59 Å². The molecule has 4 aromatic rings. The van der Waals surface area contributed by atoms with E-state index in [9.17, 15) is 22.8 Å². The molecule has 0 aliphatic rings. The summed E-state index contributed by atoms with van der Waals surface area (Å²) in [7, 11) is 1.68. The molecule has 0 unspecified atom stereocenters. The quantitative estimate of drug-likeness (QED) is 0.201. The van der Waals surface area contributed by atoms with E-state index in [0.717, 1.165) is 0 Å². The van der Waals surface area contributed by atoms with Crippen molar-refractivity contribution in [1.29, 1.82) is 0 Å². The summed E-state index contributed by atoms with van der Waals surface area (Å²) in [4.78, 5) is 34.4. The molecule has 2 amide bonds. The van der Waals surface area contributed by atoms with E-state index in [4.69, 9.17) is 11.6 Å². The number of carbonyl (C=O) groups is 2. The number of rotatable bonds is 7. The van der Waals surface area contributed by atoms with Crippen LogP contribution in [0.25, 0.3) is 22.3 Å². The topological polar surface area (TPSA) is 105 Å². The molecule has 13 heteroatoms. The SMILES string of the molecule is CNc1nc(-c2ccc(OC(F)(F)F)cc2)nc2cc(NC(=O)c3cc(CNC(=O)C(C)(C)C)ccc3Cl)ccc12.Cl. The van der Waals surface area contributed by atoms with Crippen molar-refractivity contribution in [2.24, 2.45) is 5.41 Å². The molecule has 8 nitrogen and oxygen atoms in total. The Kier molecular flexibility index (Phi) is 9.90. The molecule has 0 spiro atoms. The van der Waals surface area contributed by atoms with E-state index in [-0.39, 0.29) is 47.0 Å². The Hall–Kier alpha value is -4.09. The molecule has 4 rings (SSSR count). The minimum atomic E-state index is -4.80. The molecule has 0 saturated heterocycles. The molecule has 0 aliphatic carbocycles. The molecule has 0 aliphatic heterocycles. The van der Waals surface area contributed by atoms with Crippen LogP contribution in [0.4, 0.5) is 24.7 Å². The number of halogens is 5. The summed E-state index contributed by atoms with van der Waals surface area (Å²) in [5, 5.41) is 9.57. The smallest absolute Gasteiger partial charge is 0.406 e. The maximum Gasteiger partial charge on any atom is 0.573 e. The van der Waals surface area contributed by atoms with Crippen molar-refractivity contribution >= 4 is 58.2 Å². The molecule has 3 N–H and O–H groups in total. The number of nitrogens with one attached hydrogen (secondary N) is 3. The number of alkyl halides is 3. The standard InChI is InChI=1S/C29H27ClF3N5O3.ClH/c1-28(2,3)27(40)35-15-16-5-12-22(30)21(13-16)26(39)36-18-8-11-20-23(14-18)37-24(38-25(20)34-4)17-6-9-19(10-7-17)41-29(31,32)33;/h5-14H,15H2,1-4H3,(H,35,40)(H,36,39)(H,34,37,38);1H. The zero-order valence-corrected chi connectivity index (χ0v) is 24.6. The lowest BCUT2D eigenvalue weighted by Crippen LogP contribution is -2.34. The Morgan fingerprint density at radius 3 is 2.26 bits per heavy atom. The average molecular weight is 622 g/mol. The summed E-state index contributed by atoms with van der Waals surface area (Å²) >= 11 is 6.31. The number of benzene rings is 3. The first-order valence-electron chi connectivity index (χ1n) is 12.5. The minimum Gasteiger partial charge on any atom is -0.406 e. The highest BCUT2D eigenvalue weighted by atomic mass is 35.5. The van der Waals surface area contributed by atoms with E-state index in [1.54, 1.807) is 43.4 Å². The average Bonchev–Trinajstić information content (AvgIpc) is 2.90. The maximum atomic E-state index is 13.1. The minimum absolute atomic E-state index is 0. The van der Waals surface area contributed by atoms with Crippen molar-refractivity contribution in [2.45, 2.75) is 33.7 Å². The van der Waals surface area contributed by atoms with Gasteiger partial charge in [-0.1, -0.05) is 38.4 Å². The number of hydrogen-bond acceptors (Lipinski definition) is 6. The zero-order chi connectivity index (χ0) is 29.9. The molecule has 0 bridgehead atoms. The fraction of sp³-hybridized carbons (Fsp3) is 0.241. The number of anilines is 2. The third-order valence-corrected chi connectivity index (χ3v) is 6.28. The number of hydrogen-bond donors (Lipinski definition) is 3. The number of carbonyl (C=O) groups excluding carboxylic acids is 2. The van der Waals surface area contributed by atoms with Gasteiger partial charge in [0.2, 0.25) is 5.91 Å². The molecule has 0 saturated carbocycles. The molecule has 0 atom stereocenters. The first kappa shape index (κ1) is 32.4. The van der Waals surface area contributed by atoms with Gasteiger partial charge >= 0.3 is 6.36 Å². The van der Waals surface area contributed by atoms with Crippen LogP contribution >= 0.6 is 24.0 Å². The number of nitrogens with zero attached hydrogens (tertiary/aromatic N) is 2. The van der Waals surface area contributed by atoms with Crippen LogP contribution in [0.5, 0.6) is 5.75 Å². The van der Waals surface area contributed by atoms with Crippen LogP contribution in [0.15, 0.2) is 60.7 Å². The van der Waals surface area contributed by atoms with Gasteiger partial charge in [0, 0.05) is 35.6 Å². The molecular weight excluding hydrogens is 594 g/mol. The van der Waals surface area contributed by atoms with Gasteiger partial charge in [0.15, 0.2) is 5.82 Å². The highest BCUT2D eigenvalue weighted by Crippen LogP contribution is 2.30. The van der Waals surface area contributed by atoms with E-state index in [1.807, 2.05) is 20.8 Å². The molecule has 1 heterocycles. The normalized spacial score (nSPS) is 11.4. The molecular formula is C29H28Cl2F3N5O3. The Labute approximate surface area is 251 Å². The lowest BCUT2D eigenvalue weighted by Gasteiger charge is -2.18. The number of aromatic nitrogens is 2. The fourth-order valence-corrected chi connectivity index (χ4v) is 4.04. The number of amides is 2.